The summed E-state index contributed by atoms with van der Waals surface area (Å²) in [5.74, 6) is 0.0430. The fourth-order valence-corrected chi connectivity index (χ4v) is 2.65. The Morgan fingerprint density at radius 1 is 1.42 bits per heavy atom. The average Bonchev–Trinajstić information content (AvgIpc) is 2.30. The Hall–Kier alpha value is -1.10. The van der Waals surface area contributed by atoms with Crippen LogP contribution in [0.15, 0.2) is 16.6 Å². The van der Waals surface area contributed by atoms with Crippen LogP contribution in [0.5, 0.6) is 0 Å². The minimum Gasteiger partial charge on any atom is -0.384 e. The Morgan fingerprint density at radius 2 is 2.00 bits per heavy atom. The van der Waals surface area contributed by atoms with Crippen LogP contribution in [0.25, 0.3) is 0 Å². The SMILES string of the molecule is CC(C)CC(C)N(C)c1ccc(C(=N)N)c(Br)c1F. The number of halogens is 2. The van der Waals surface area contributed by atoms with E-state index in [1.54, 1.807) is 12.1 Å². The third kappa shape index (κ3) is 3.69. The largest absolute Gasteiger partial charge is 0.384 e. The molecule has 1 aromatic carbocycles. The maximum absolute atomic E-state index is 14.3. The molecule has 1 atom stereocenters. The highest BCUT2D eigenvalue weighted by Crippen LogP contribution is 2.30. The van der Waals surface area contributed by atoms with Crippen molar-refractivity contribution in [3.63, 3.8) is 0 Å². The summed E-state index contributed by atoms with van der Waals surface area (Å²) in [7, 11) is 1.88. The van der Waals surface area contributed by atoms with E-state index in [2.05, 4.69) is 36.7 Å². The van der Waals surface area contributed by atoms with E-state index in [0.29, 0.717) is 17.2 Å². The number of nitrogens with zero attached hydrogens (tertiary/aromatic N) is 1. The summed E-state index contributed by atoms with van der Waals surface area (Å²) < 4.78 is 14.6. The first kappa shape index (κ1) is 16.0. The number of benzene rings is 1. The number of anilines is 1. The van der Waals surface area contributed by atoms with Crippen LogP contribution in [0.4, 0.5) is 10.1 Å². The molecule has 0 aliphatic rings. The zero-order chi connectivity index (χ0) is 14.7. The number of nitrogens with one attached hydrogen (secondary N) is 1. The first-order valence-electron chi connectivity index (χ1n) is 6.30. The Labute approximate surface area is 122 Å². The van der Waals surface area contributed by atoms with Gasteiger partial charge in [-0.3, -0.25) is 5.41 Å². The number of rotatable bonds is 5. The molecule has 0 radical (unpaired) electrons. The molecule has 0 aliphatic heterocycles. The van der Waals surface area contributed by atoms with Crippen molar-refractivity contribution < 1.29 is 4.39 Å². The Balaban J connectivity index is 3.08. The van der Waals surface area contributed by atoms with Gasteiger partial charge in [-0.15, -0.1) is 0 Å². The lowest BCUT2D eigenvalue weighted by molar-refractivity contribution is 0.497. The van der Waals surface area contributed by atoms with Crippen LogP contribution < -0.4 is 10.6 Å². The molecule has 0 spiro atoms. The first-order chi connectivity index (χ1) is 8.75. The topological polar surface area (TPSA) is 53.1 Å². The van der Waals surface area contributed by atoms with Gasteiger partial charge in [-0.2, -0.15) is 0 Å². The van der Waals surface area contributed by atoms with E-state index in [1.807, 2.05) is 11.9 Å². The van der Waals surface area contributed by atoms with Gasteiger partial charge in [0.05, 0.1) is 10.2 Å². The van der Waals surface area contributed by atoms with Crippen molar-refractivity contribution in [2.75, 3.05) is 11.9 Å². The van der Waals surface area contributed by atoms with Gasteiger partial charge in [0, 0.05) is 18.7 Å². The molecule has 0 aliphatic carbocycles. The number of hydrogen-bond acceptors (Lipinski definition) is 2. The molecule has 0 saturated heterocycles. The maximum Gasteiger partial charge on any atom is 0.161 e. The molecule has 0 bridgehead atoms. The van der Waals surface area contributed by atoms with E-state index in [1.165, 1.54) is 0 Å². The smallest absolute Gasteiger partial charge is 0.161 e. The average molecular weight is 330 g/mol. The van der Waals surface area contributed by atoms with Crippen LogP contribution in [0.3, 0.4) is 0 Å². The van der Waals surface area contributed by atoms with Crippen LogP contribution in [0, 0.1) is 17.1 Å². The standard InChI is InChI=1S/C14H21BrFN3/c1-8(2)7-9(3)19(4)11-6-5-10(14(17)18)12(15)13(11)16/h5-6,8-9H,7H2,1-4H3,(H3,17,18). The molecule has 1 aromatic rings. The number of nitrogens with two attached hydrogens (primary N) is 1. The van der Waals surface area contributed by atoms with Gasteiger partial charge >= 0.3 is 0 Å². The summed E-state index contributed by atoms with van der Waals surface area (Å²) in [4.78, 5) is 1.92. The summed E-state index contributed by atoms with van der Waals surface area (Å²) >= 11 is 3.18. The van der Waals surface area contributed by atoms with Crippen LogP contribution in [0.2, 0.25) is 0 Å². The molecule has 3 N–H and O–H groups in total. The summed E-state index contributed by atoms with van der Waals surface area (Å²) in [6.45, 7) is 6.37. The molecule has 0 amide bonds. The van der Waals surface area contributed by atoms with Crippen molar-refractivity contribution >= 4 is 27.5 Å². The van der Waals surface area contributed by atoms with Crippen molar-refractivity contribution in [3.05, 3.63) is 28.0 Å². The van der Waals surface area contributed by atoms with Gasteiger partial charge in [0.25, 0.3) is 0 Å². The van der Waals surface area contributed by atoms with Crippen molar-refractivity contribution in [2.45, 2.75) is 33.2 Å². The summed E-state index contributed by atoms with van der Waals surface area (Å²) in [5, 5.41) is 7.40. The van der Waals surface area contributed by atoms with Gasteiger partial charge in [-0.25, -0.2) is 4.39 Å². The Kier molecular flexibility index (Phi) is 5.35. The molecule has 1 unspecified atom stereocenters. The summed E-state index contributed by atoms with van der Waals surface area (Å²) in [6, 6.07) is 3.58. The molecule has 3 nitrogen and oxygen atoms in total. The van der Waals surface area contributed by atoms with Crippen LogP contribution in [-0.4, -0.2) is 18.9 Å². The van der Waals surface area contributed by atoms with Gasteiger partial charge in [0.2, 0.25) is 0 Å². The summed E-state index contributed by atoms with van der Waals surface area (Å²) in [5.41, 5.74) is 6.31. The molecule has 19 heavy (non-hydrogen) atoms. The molecule has 0 fully saturated rings. The predicted octanol–water partition coefficient (Wildman–Crippen LogP) is 3.74. The minimum atomic E-state index is -0.370. The lowest BCUT2D eigenvalue weighted by Crippen LogP contribution is -2.31. The zero-order valence-electron chi connectivity index (χ0n) is 11.8. The Bertz CT molecular complexity index is 474. The lowest BCUT2D eigenvalue weighted by Gasteiger charge is -2.29. The fourth-order valence-electron chi connectivity index (χ4n) is 2.10. The zero-order valence-corrected chi connectivity index (χ0v) is 13.4. The van der Waals surface area contributed by atoms with Gasteiger partial charge in [-0.05, 0) is 47.3 Å². The van der Waals surface area contributed by atoms with E-state index in [9.17, 15) is 4.39 Å². The van der Waals surface area contributed by atoms with E-state index in [-0.39, 0.29) is 22.2 Å². The quantitative estimate of drug-likeness (QED) is 0.638. The van der Waals surface area contributed by atoms with E-state index in [4.69, 9.17) is 11.1 Å². The predicted molar refractivity (Wildman–Crippen MR) is 82.4 cm³/mol. The Morgan fingerprint density at radius 3 is 2.47 bits per heavy atom. The lowest BCUT2D eigenvalue weighted by atomic mass is 10.0. The third-order valence-corrected chi connectivity index (χ3v) is 3.98. The minimum absolute atomic E-state index is 0.143. The molecule has 0 saturated carbocycles. The van der Waals surface area contributed by atoms with E-state index < -0.39 is 0 Å². The van der Waals surface area contributed by atoms with Gasteiger partial charge in [0.15, 0.2) is 5.82 Å². The third-order valence-electron chi connectivity index (χ3n) is 3.21. The highest BCUT2D eigenvalue weighted by Gasteiger charge is 2.19. The monoisotopic (exact) mass is 329 g/mol. The van der Waals surface area contributed by atoms with E-state index in [0.717, 1.165) is 6.42 Å². The second-order valence-corrected chi connectivity index (χ2v) is 6.06. The number of amidine groups is 1. The first-order valence-corrected chi connectivity index (χ1v) is 7.10. The highest BCUT2D eigenvalue weighted by atomic mass is 79.9. The summed E-state index contributed by atoms with van der Waals surface area (Å²) in [6.07, 6.45) is 0.988. The van der Waals surface area contributed by atoms with Crippen molar-refractivity contribution in [3.8, 4) is 0 Å². The molecular weight excluding hydrogens is 309 g/mol. The van der Waals surface area contributed by atoms with Gasteiger partial charge in [-0.1, -0.05) is 13.8 Å². The molecule has 0 heterocycles. The van der Waals surface area contributed by atoms with Gasteiger partial charge in [0.1, 0.15) is 5.84 Å². The normalized spacial score (nSPS) is 12.6. The van der Waals surface area contributed by atoms with Crippen molar-refractivity contribution in [2.24, 2.45) is 11.7 Å². The molecule has 5 heteroatoms. The van der Waals surface area contributed by atoms with Crippen LogP contribution >= 0.6 is 15.9 Å². The second kappa shape index (κ2) is 6.37. The van der Waals surface area contributed by atoms with Crippen LogP contribution in [0.1, 0.15) is 32.8 Å². The van der Waals surface area contributed by atoms with Crippen molar-refractivity contribution in [1.29, 1.82) is 5.41 Å². The van der Waals surface area contributed by atoms with E-state index >= 15 is 0 Å². The van der Waals surface area contributed by atoms with Crippen molar-refractivity contribution in [1.82, 2.24) is 0 Å². The molecule has 0 aromatic heterocycles. The fraction of sp³-hybridized carbons (Fsp3) is 0.500. The number of nitrogen functional groups attached to an aromatic ring is 1. The maximum atomic E-state index is 14.3. The molecular formula is C14H21BrFN3. The van der Waals surface area contributed by atoms with Crippen LogP contribution in [-0.2, 0) is 0 Å². The molecule has 106 valence electrons. The highest BCUT2D eigenvalue weighted by molar-refractivity contribution is 9.10. The molecule has 1 rings (SSSR count). The number of hydrogen-bond donors (Lipinski definition) is 2. The second-order valence-electron chi connectivity index (χ2n) is 5.26. The van der Waals surface area contributed by atoms with Gasteiger partial charge < -0.3 is 10.6 Å².